The zero-order valence-electron chi connectivity index (χ0n) is 24.8. The van der Waals surface area contributed by atoms with Gasteiger partial charge in [-0.15, -0.1) is 0 Å². The number of hydrogen-bond donors (Lipinski definition) is 10. The molecule has 3 amide bonds. The predicted octanol–water partition coefficient (Wildman–Crippen LogP) is -0.947. The monoisotopic (exact) mass is 638 g/mol. The number of aliphatic carboxylic acids is 2. The van der Waals surface area contributed by atoms with Crippen LogP contribution in [-0.2, 0) is 36.8 Å². The van der Waals surface area contributed by atoms with Crippen molar-refractivity contribution in [2.24, 2.45) is 22.2 Å². The highest BCUT2D eigenvalue weighted by Gasteiger charge is 2.32. The summed E-state index contributed by atoms with van der Waals surface area (Å²) in [5, 5.41) is 37.0. The van der Waals surface area contributed by atoms with Gasteiger partial charge >= 0.3 is 11.9 Å². The van der Waals surface area contributed by atoms with Crippen molar-refractivity contribution >= 4 is 46.5 Å². The maximum absolute atomic E-state index is 13.5. The van der Waals surface area contributed by atoms with E-state index in [0.717, 1.165) is 10.9 Å². The highest BCUT2D eigenvalue weighted by atomic mass is 16.4. The fraction of sp³-hybridized carbons (Fsp3) is 0.333. The molecule has 0 aliphatic heterocycles. The molecule has 4 atom stereocenters. The number of aromatic nitrogens is 1. The number of carboxylic acid groups (broad SMARTS) is 2. The van der Waals surface area contributed by atoms with Crippen molar-refractivity contribution in [3.8, 4) is 5.75 Å². The van der Waals surface area contributed by atoms with Gasteiger partial charge in [-0.2, -0.15) is 0 Å². The van der Waals surface area contributed by atoms with Gasteiger partial charge in [0.2, 0.25) is 17.7 Å². The molecule has 0 spiro atoms. The number of nitrogens with one attached hydrogen (secondary N) is 4. The lowest BCUT2D eigenvalue weighted by molar-refractivity contribution is -0.143. The summed E-state index contributed by atoms with van der Waals surface area (Å²) in [7, 11) is 0. The number of carbonyl (C=O) groups excluding carboxylic acids is 3. The lowest BCUT2D eigenvalue weighted by Crippen LogP contribution is -2.58. The van der Waals surface area contributed by atoms with Crippen LogP contribution < -0.4 is 33.2 Å². The van der Waals surface area contributed by atoms with E-state index < -0.39 is 60.2 Å². The zero-order chi connectivity index (χ0) is 33.8. The topological polar surface area (TPSA) is 288 Å². The number of guanidine groups is 1. The van der Waals surface area contributed by atoms with Crippen LogP contribution in [-0.4, -0.2) is 86.6 Å². The van der Waals surface area contributed by atoms with Gasteiger partial charge in [0.25, 0.3) is 0 Å². The summed E-state index contributed by atoms with van der Waals surface area (Å²) < 4.78 is 0. The number of aliphatic imine (C=N–C) groups is 1. The molecule has 0 radical (unpaired) electrons. The van der Waals surface area contributed by atoms with E-state index >= 15 is 0 Å². The summed E-state index contributed by atoms with van der Waals surface area (Å²) >= 11 is 0. The van der Waals surface area contributed by atoms with Crippen molar-refractivity contribution in [3.63, 3.8) is 0 Å². The Morgan fingerprint density at radius 2 is 1.46 bits per heavy atom. The Kier molecular flexibility index (Phi) is 12.5. The summed E-state index contributed by atoms with van der Waals surface area (Å²) in [4.78, 5) is 70.2. The summed E-state index contributed by atoms with van der Waals surface area (Å²) in [6, 6.07) is 7.45. The van der Waals surface area contributed by atoms with E-state index in [-0.39, 0.29) is 37.5 Å². The van der Waals surface area contributed by atoms with E-state index in [0.29, 0.717) is 17.5 Å². The van der Waals surface area contributed by atoms with Gasteiger partial charge in [0, 0.05) is 36.5 Å². The largest absolute Gasteiger partial charge is 0.508 e. The van der Waals surface area contributed by atoms with Crippen LogP contribution in [0.2, 0.25) is 0 Å². The number of fused-ring (bicyclic) bond motifs is 1. The predicted molar refractivity (Wildman–Crippen MR) is 167 cm³/mol. The van der Waals surface area contributed by atoms with Gasteiger partial charge in [-0.1, -0.05) is 30.3 Å². The molecule has 2 aromatic carbocycles. The van der Waals surface area contributed by atoms with E-state index in [9.17, 15) is 39.3 Å². The maximum Gasteiger partial charge on any atom is 0.326 e. The Morgan fingerprint density at radius 1 is 0.826 bits per heavy atom. The molecule has 246 valence electrons. The first kappa shape index (κ1) is 34.8. The van der Waals surface area contributed by atoms with Crippen molar-refractivity contribution in [2.45, 2.75) is 56.3 Å². The number of rotatable bonds is 17. The molecule has 16 heteroatoms. The van der Waals surface area contributed by atoms with Crippen molar-refractivity contribution in [3.05, 3.63) is 65.9 Å². The molecular weight excluding hydrogens is 600 g/mol. The number of nitrogens with zero attached hydrogens (tertiary/aromatic N) is 1. The fourth-order valence-electron chi connectivity index (χ4n) is 4.66. The molecule has 0 aliphatic rings. The standard InChI is InChI=1S/C30H38N8O8/c31-20(5-3-11-34-30(32)33)26(42)36-23(14-25(40)41)28(44)37-22(12-16-7-9-18(39)10-8-16)27(43)38-24(29(45)46)13-17-15-35-21-6-2-1-4-19(17)21/h1-2,4,6-10,15,20,22-24,35,39H,3,5,11-14,31H2,(H,36,42)(H,37,44)(H,38,43)(H,40,41)(H,45,46)(H4,32,33,34). The normalized spacial score (nSPS) is 13.5. The van der Waals surface area contributed by atoms with E-state index in [1.807, 2.05) is 18.2 Å². The quantitative estimate of drug-likeness (QED) is 0.0488. The summed E-state index contributed by atoms with van der Waals surface area (Å²) in [5.41, 5.74) is 18.4. The summed E-state index contributed by atoms with van der Waals surface area (Å²) in [6.07, 6.45) is 1.04. The van der Waals surface area contributed by atoms with E-state index in [4.69, 9.17) is 17.2 Å². The third kappa shape index (κ3) is 10.5. The van der Waals surface area contributed by atoms with Crippen LogP contribution >= 0.6 is 0 Å². The second kappa shape index (κ2) is 16.4. The summed E-state index contributed by atoms with van der Waals surface area (Å²) in [6.45, 7) is 0.202. The minimum Gasteiger partial charge on any atom is -0.508 e. The van der Waals surface area contributed by atoms with Gasteiger partial charge in [0.1, 0.15) is 23.9 Å². The molecule has 0 aliphatic carbocycles. The molecule has 4 unspecified atom stereocenters. The molecule has 3 aromatic rings. The van der Waals surface area contributed by atoms with E-state index in [2.05, 4.69) is 25.9 Å². The van der Waals surface area contributed by atoms with Gasteiger partial charge < -0.3 is 53.5 Å². The third-order valence-electron chi connectivity index (χ3n) is 7.04. The Morgan fingerprint density at radius 3 is 2.11 bits per heavy atom. The number of para-hydroxylation sites is 1. The second-order valence-corrected chi connectivity index (χ2v) is 10.6. The first-order chi connectivity index (χ1) is 21.8. The fourth-order valence-corrected chi connectivity index (χ4v) is 4.66. The Balaban J connectivity index is 1.78. The molecule has 1 heterocycles. The summed E-state index contributed by atoms with van der Waals surface area (Å²) in [5.74, 6) is -5.59. The van der Waals surface area contributed by atoms with Crippen LogP contribution in [0, 0.1) is 0 Å². The van der Waals surface area contributed by atoms with Gasteiger partial charge in [0.15, 0.2) is 5.96 Å². The Bertz CT molecular complexity index is 1570. The van der Waals surface area contributed by atoms with Crippen LogP contribution in [0.15, 0.2) is 59.7 Å². The average molecular weight is 639 g/mol. The number of phenolic OH excluding ortho intramolecular Hbond substituents is 1. The number of H-pyrrole nitrogens is 1. The zero-order valence-corrected chi connectivity index (χ0v) is 24.8. The number of hydrogen-bond acceptors (Lipinski definition) is 8. The van der Waals surface area contributed by atoms with Gasteiger partial charge in [0.05, 0.1) is 12.5 Å². The number of benzene rings is 2. The number of carbonyl (C=O) groups is 5. The van der Waals surface area contributed by atoms with Crippen LogP contribution in [0.3, 0.4) is 0 Å². The first-order valence-electron chi connectivity index (χ1n) is 14.3. The van der Waals surface area contributed by atoms with Crippen molar-refractivity contribution in [2.75, 3.05) is 6.54 Å². The van der Waals surface area contributed by atoms with Gasteiger partial charge in [-0.05, 0) is 42.2 Å². The van der Waals surface area contributed by atoms with Crippen LogP contribution in [0.25, 0.3) is 10.9 Å². The van der Waals surface area contributed by atoms with Gasteiger partial charge in [-0.25, -0.2) is 4.79 Å². The number of phenols is 1. The van der Waals surface area contributed by atoms with Crippen LogP contribution in [0.5, 0.6) is 5.75 Å². The molecule has 16 nitrogen and oxygen atoms in total. The number of aromatic hydroxyl groups is 1. The third-order valence-corrected chi connectivity index (χ3v) is 7.04. The number of amides is 3. The minimum absolute atomic E-state index is 0.0441. The number of nitrogens with two attached hydrogens (primary N) is 3. The molecule has 46 heavy (non-hydrogen) atoms. The Labute approximate surface area is 263 Å². The maximum atomic E-state index is 13.5. The molecular formula is C30H38N8O8. The van der Waals surface area contributed by atoms with Gasteiger partial charge in [-0.3, -0.25) is 24.2 Å². The smallest absolute Gasteiger partial charge is 0.326 e. The van der Waals surface area contributed by atoms with E-state index in [1.54, 1.807) is 12.3 Å². The highest BCUT2D eigenvalue weighted by molar-refractivity contribution is 5.96. The number of carboxylic acids is 2. The van der Waals surface area contributed by atoms with Crippen LogP contribution in [0.1, 0.15) is 30.4 Å². The minimum atomic E-state index is -1.62. The lowest BCUT2D eigenvalue weighted by Gasteiger charge is -2.25. The van der Waals surface area contributed by atoms with Crippen molar-refractivity contribution in [1.82, 2.24) is 20.9 Å². The molecule has 13 N–H and O–H groups in total. The molecule has 0 saturated carbocycles. The van der Waals surface area contributed by atoms with Crippen molar-refractivity contribution in [1.29, 1.82) is 0 Å². The highest BCUT2D eigenvalue weighted by Crippen LogP contribution is 2.19. The van der Waals surface area contributed by atoms with Crippen molar-refractivity contribution < 1.29 is 39.3 Å². The Hall–Kier alpha value is -5.64. The number of aromatic amines is 1. The molecule has 1 aromatic heterocycles. The molecule has 0 bridgehead atoms. The average Bonchev–Trinajstić information content (AvgIpc) is 3.41. The van der Waals surface area contributed by atoms with E-state index in [1.165, 1.54) is 24.3 Å². The van der Waals surface area contributed by atoms with Crippen LogP contribution in [0.4, 0.5) is 0 Å². The second-order valence-electron chi connectivity index (χ2n) is 10.6. The molecule has 0 fully saturated rings. The lowest BCUT2D eigenvalue weighted by atomic mass is 10.0. The first-order valence-corrected chi connectivity index (χ1v) is 14.3. The SMILES string of the molecule is NC(N)=NCCCC(N)C(=O)NC(CC(=O)O)C(=O)NC(Cc1ccc(O)cc1)C(=O)NC(Cc1c[nH]c2ccccc12)C(=O)O. The molecule has 3 rings (SSSR count). The molecule has 0 saturated heterocycles.